The maximum atomic E-state index is 4.10. The van der Waals surface area contributed by atoms with Gasteiger partial charge in [-0.15, -0.1) is 0 Å². The Bertz CT molecular complexity index is 281. The van der Waals surface area contributed by atoms with Crippen molar-refractivity contribution in [3.63, 3.8) is 0 Å². The van der Waals surface area contributed by atoms with Crippen LogP contribution in [0.5, 0.6) is 0 Å². The first kappa shape index (κ1) is 4.56. The first-order valence-electron chi connectivity index (χ1n) is 2.84. The van der Waals surface area contributed by atoms with E-state index in [1.807, 2.05) is 35.0 Å². The summed E-state index contributed by atoms with van der Waals surface area (Å²) in [6.45, 7) is 0. The fourth-order valence-electron chi connectivity index (χ4n) is 0.871. The van der Waals surface area contributed by atoms with Gasteiger partial charge in [0.2, 0.25) is 0 Å². The van der Waals surface area contributed by atoms with E-state index in [2.05, 4.69) is 4.98 Å². The lowest BCUT2D eigenvalue weighted by molar-refractivity contribution is 1.13. The van der Waals surface area contributed by atoms with Gasteiger partial charge >= 0.3 is 0 Å². The number of fused-ring (bicyclic) bond motifs is 1. The summed E-state index contributed by atoms with van der Waals surface area (Å²) < 4.78 is 1.97. The monoisotopic (exact) mass is 118 g/mol. The van der Waals surface area contributed by atoms with E-state index in [4.69, 9.17) is 0 Å². The molecule has 0 N–H and O–H groups in total. The van der Waals surface area contributed by atoms with Crippen LogP contribution >= 0.6 is 0 Å². The van der Waals surface area contributed by atoms with Crippen molar-refractivity contribution >= 4 is 5.65 Å². The average Bonchev–Trinajstić information content (AvgIpc) is 2.33. The highest BCUT2D eigenvalue weighted by Gasteiger charge is 1.85. The van der Waals surface area contributed by atoms with Crippen molar-refractivity contribution in [3.8, 4) is 0 Å². The van der Waals surface area contributed by atoms with Crippen LogP contribution < -0.4 is 0 Å². The van der Waals surface area contributed by atoms with Gasteiger partial charge in [0.1, 0.15) is 5.65 Å². The van der Waals surface area contributed by atoms with Crippen molar-refractivity contribution in [1.82, 2.24) is 9.38 Å². The van der Waals surface area contributed by atoms with Crippen LogP contribution in [0.25, 0.3) is 5.65 Å². The molecule has 9 heavy (non-hydrogen) atoms. The highest BCUT2D eigenvalue weighted by molar-refractivity contribution is 5.37. The van der Waals surface area contributed by atoms with E-state index in [-0.39, 0.29) is 0 Å². The first-order valence-corrected chi connectivity index (χ1v) is 2.84. The summed E-state index contributed by atoms with van der Waals surface area (Å²) in [6.07, 6.45) is 5.74. The summed E-state index contributed by atoms with van der Waals surface area (Å²) >= 11 is 0. The molecule has 0 saturated carbocycles. The van der Waals surface area contributed by atoms with Crippen LogP contribution in [-0.4, -0.2) is 9.38 Å². The summed E-state index contributed by atoms with van der Waals surface area (Å²) in [4.78, 5) is 4.10. The summed E-state index contributed by atoms with van der Waals surface area (Å²) in [7, 11) is 0. The molecular formula is C7H6N2. The highest BCUT2D eigenvalue weighted by Crippen LogP contribution is 1.96. The molecule has 0 spiro atoms. The molecule has 0 saturated heterocycles. The zero-order chi connectivity index (χ0) is 6.10. The summed E-state index contributed by atoms with van der Waals surface area (Å²) in [5, 5.41) is 0. The Morgan fingerprint density at radius 1 is 1.22 bits per heavy atom. The molecule has 2 nitrogen and oxygen atoms in total. The molecule has 0 aliphatic heterocycles. The topological polar surface area (TPSA) is 17.3 Å². The van der Waals surface area contributed by atoms with Gasteiger partial charge in [-0.25, -0.2) is 4.98 Å². The average molecular weight is 118 g/mol. The summed E-state index contributed by atoms with van der Waals surface area (Å²) in [5.74, 6) is 0. The minimum Gasteiger partial charge on any atom is -0.309 e. The lowest BCUT2D eigenvalue weighted by Crippen LogP contribution is -1.80. The van der Waals surface area contributed by atoms with Crippen molar-refractivity contribution in [2.45, 2.75) is 0 Å². The molecule has 44 valence electrons. The number of hydrogen-bond acceptors (Lipinski definition) is 1. The first-order chi connectivity index (χ1) is 4.47. The van der Waals surface area contributed by atoms with Crippen LogP contribution in [0, 0.1) is 0 Å². The van der Waals surface area contributed by atoms with Crippen LogP contribution in [0.15, 0.2) is 36.8 Å². The Hall–Kier alpha value is -1.31. The molecule has 0 aliphatic carbocycles. The second-order valence-corrected chi connectivity index (χ2v) is 1.89. The van der Waals surface area contributed by atoms with E-state index in [1.165, 1.54) is 0 Å². The Labute approximate surface area is 52.8 Å². The number of hydrogen-bond donors (Lipinski definition) is 0. The maximum Gasteiger partial charge on any atom is 0.136 e. The van der Waals surface area contributed by atoms with Crippen LogP contribution in [0.1, 0.15) is 0 Å². The molecule has 0 radical (unpaired) electrons. The lowest BCUT2D eigenvalue weighted by atomic mass is 10.6. The molecule has 2 heterocycles. The Morgan fingerprint density at radius 3 is 3.00 bits per heavy atom. The minimum atomic E-state index is 0.998. The van der Waals surface area contributed by atoms with Crippen LogP contribution in [-0.2, 0) is 0 Å². The van der Waals surface area contributed by atoms with Gasteiger partial charge < -0.3 is 4.40 Å². The third-order valence-electron chi connectivity index (χ3n) is 1.30. The van der Waals surface area contributed by atoms with Gasteiger partial charge in [0, 0.05) is 18.6 Å². The third kappa shape index (κ3) is 0.598. The van der Waals surface area contributed by atoms with Crippen molar-refractivity contribution < 1.29 is 0 Å². The molecule has 0 aromatic carbocycles. The van der Waals surface area contributed by atoms with Crippen LogP contribution in [0.4, 0.5) is 0 Å². The van der Waals surface area contributed by atoms with Gasteiger partial charge in [-0.1, -0.05) is 0 Å². The summed E-state index contributed by atoms with van der Waals surface area (Å²) in [5.41, 5.74) is 0.998. The maximum absolute atomic E-state index is 4.10. The van der Waals surface area contributed by atoms with Crippen molar-refractivity contribution in [3.05, 3.63) is 36.8 Å². The molecular weight excluding hydrogens is 112 g/mol. The normalized spacial score (nSPS) is 10.2. The van der Waals surface area contributed by atoms with E-state index < -0.39 is 0 Å². The van der Waals surface area contributed by atoms with Gasteiger partial charge in [-0.05, 0) is 18.2 Å². The van der Waals surface area contributed by atoms with Crippen LogP contribution in [0.3, 0.4) is 0 Å². The number of rotatable bonds is 0. The van der Waals surface area contributed by atoms with Gasteiger partial charge in [0.25, 0.3) is 0 Å². The molecule has 0 amide bonds. The molecule has 0 aliphatic rings. The van der Waals surface area contributed by atoms with Gasteiger partial charge in [0.05, 0.1) is 0 Å². The van der Waals surface area contributed by atoms with E-state index >= 15 is 0 Å². The van der Waals surface area contributed by atoms with Crippen molar-refractivity contribution in [2.24, 2.45) is 0 Å². The van der Waals surface area contributed by atoms with Crippen molar-refractivity contribution in [1.29, 1.82) is 0 Å². The largest absolute Gasteiger partial charge is 0.309 e. The molecule has 0 bridgehead atoms. The predicted octanol–water partition coefficient (Wildman–Crippen LogP) is 1.33. The quantitative estimate of drug-likeness (QED) is 0.510. The zero-order valence-electron chi connectivity index (χ0n) is 4.86. The fourth-order valence-corrected chi connectivity index (χ4v) is 0.871. The lowest BCUT2D eigenvalue weighted by Gasteiger charge is -1.87. The molecule has 2 heteroatoms. The van der Waals surface area contributed by atoms with E-state index in [0.717, 1.165) is 5.65 Å². The minimum absolute atomic E-state index is 0.998. The summed E-state index contributed by atoms with van der Waals surface area (Å²) in [6, 6.07) is 5.86. The predicted molar refractivity (Wildman–Crippen MR) is 35.2 cm³/mol. The third-order valence-corrected chi connectivity index (χ3v) is 1.30. The zero-order valence-corrected chi connectivity index (χ0v) is 4.86. The highest BCUT2D eigenvalue weighted by atomic mass is 14.9. The fraction of sp³-hybridized carbons (Fsp3) is 0. The second kappa shape index (κ2) is 1.58. The van der Waals surface area contributed by atoms with Crippen molar-refractivity contribution in [2.75, 3.05) is 0 Å². The van der Waals surface area contributed by atoms with Crippen LogP contribution in [0.2, 0.25) is 0 Å². The number of nitrogens with zero attached hydrogens (tertiary/aromatic N) is 2. The number of aromatic nitrogens is 2. The molecule has 0 unspecified atom stereocenters. The molecule has 2 aromatic rings. The molecule has 2 aromatic heterocycles. The SMILES string of the molecule is c1cnc2cccn2c1. The van der Waals surface area contributed by atoms with Gasteiger partial charge in [0.15, 0.2) is 0 Å². The second-order valence-electron chi connectivity index (χ2n) is 1.89. The Balaban J connectivity index is 2.95. The van der Waals surface area contributed by atoms with E-state index in [1.54, 1.807) is 6.20 Å². The molecule has 2 rings (SSSR count). The Kier molecular flexibility index (Phi) is 0.803. The standard InChI is InChI=1S/C7H6N2/c1-3-7-8-4-2-6-9(7)5-1/h1-6H. The Morgan fingerprint density at radius 2 is 2.11 bits per heavy atom. The van der Waals surface area contributed by atoms with Gasteiger partial charge in [-0.2, -0.15) is 0 Å². The van der Waals surface area contributed by atoms with E-state index in [9.17, 15) is 0 Å². The smallest absolute Gasteiger partial charge is 0.136 e. The van der Waals surface area contributed by atoms with Gasteiger partial charge in [-0.3, -0.25) is 0 Å². The van der Waals surface area contributed by atoms with E-state index in [0.29, 0.717) is 0 Å². The molecule has 0 fully saturated rings. The molecule has 0 atom stereocenters.